The van der Waals surface area contributed by atoms with E-state index < -0.39 is 0 Å². The molecule has 2 aliphatic rings. The summed E-state index contributed by atoms with van der Waals surface area (Å²) in [5.41, 5.74) is 2.22. The predicted molar refractivity (Wildman–Crippen MR) is 109 cm³/mol. The van der Waals surface area contributed by atoms with Gasteiger partial charge in [0.25, 0.3) is 0 Å². The summed E-state index contributed by atoms with van der Waals surface area (Å²) in [6.45, 7) is 0.675. The lowest BCUT2D eigenvalue weighted by Crippen LogP contribution is -2.39. The molecule has 1 amide bonds. The van der Waals surface area contributed by atoms with E-state index in [1.54, 1.807) is 11.3 Å². The van der Waals surface area contributed by atoms with Crippen LogP contribution in [0.25, 0.3) is 10.6 Å². The molecule has 2 aliphatic heterocycles. The minimum atomic E-state index is 0. The number of fused-ring (bicyclic) bond motifs is 2. The molecule has 1 aromatic carbocycles. The van der Waals surface area contributed by atoms with Gasteiger partial charge in [-0.05, 0) is 31.6 Å². The Labute approximate surface area is 165 Å². The third kappa shape index (κ3) is 4.84. The van der Waals surface area contributed by atoms with E-state index in [2.05, 4.69) is 33.1 Å². The van der Waals surface area contributed by atoms with Crippen LogP contribution in [-0.4, -0.2) is 29.5 Å². The van der Waals surface area contributed by atoms with Gasteiger partial charge in [0, 0.05) is 42.4 Å². The Bertz CT molecular complexity index is 709. The van der Waals surface area contributed by atoms with Crippen LogP contribution in [0.2, 0.25) is 0 Å². The van der Waals surface area contributed by atoms with Gasteiger partial charge in [0.15, 0.2) is 0 Å². The van der Waals surface area contributed by atoms with Gasteiger partial charge in [-0.15, -0.1) is 23.7 Å². The third-order valence-electron chi connectivity index (χ3n) is 5.32. The number of hydrogen-bond donors (Lipinski definition) is 2. The van der Waals surface area contributed by atoms with Crippen LogP contribution in [0, 0.1) is 5.92 Å². The molecule has 26 heavy (non-hydrogen) atoms. The van der Waals surface area contributed by atoms with Crippen molar-refractivity contribution in [2.24, 2.45) is 5.92 Å². The largest absolute Gasteiger partial charge is 0.356 e. The number of carbonyl (C=O) groups excluding carboxylic acids is 1. The molecule has 2 N–H and O–H groups in total. The molecule has 0 spiro atoms. The number of halogens is 1. The van der Waals surface area contributed by atoms with E-state index in [1.165, 1.54) is 12.8 Å². The van der Waals surface area contributed by atoms with Gasteiger partial charge in [-0.3, -0.25) is 4.79 Å². The number of thiazole rings is 1. The summed E-state index contributed by atoms with van der Waals surface area (Å²) in [5, 5.41) is 9.86. The zero-order valence-electron chi connectivity index (χ0n) is 14.8. The molecule has 0 aliphatic carbocycles. The second-order valence-electron chi connectivity index (χ2n) is 7.29. The molecule has 140 valence electrons. The van der Waals surface area contributed by atoms with Crippen molar-refractivity contribution in [3.63, 3.8) is 0 Å². The molecule has 6 heteroatoms. The summed E-state index contributed by atoms with van der Waals surface area (Å²) in [5.74, 6) is 0.757. The summed E-state index contributed by atoms with van der Waals surface area (Å²) in [6.07, 6.45) is 6.38. The van der Waals surface area contributed by atoms with Crippen LogP contribution >= 0.6 is 23.7 Å². The molecule has 2 bridgehead atoms. The first-order chi connectivity index (χ1) is 12.3. The van der Waals surface area contributed by atoms with Gasteiger partial charge in [0.2, 0.25) is 5.91 Å². The quantitative estimate of drug-likeness (QED) is 0.787. The van der Waals surface area contributed by atoms with Crippen molar-refractivity contribution in [1.82, 2.24) is 15.6 Å². The van der Waals surface area contributed by atoms with Crippen molar-refractivity contribution in [1.29, 1.82) is 0 Å². The second-order valence-corrected chi connectivity index (χ2v) is 8.15. The smallest absolute Gasteiger partial charge is 0.220 e. The maximum absolute atomic E-state index is 12.2. The van der Waals surface area contributed by atoms with E-state index in [1.807, 2.05) is 18.2 Å². The topological polar surface area (TPSA) is 54.0 Å². The van der Waals surface area contributed by atoms with Crippen LogP contribution in [0.4, 0.5) is 0 Å². The Hall–Kier alpha value is -1.43. The SMILES string of the molecule is Cl.O=C(CC1CC2CCC(C1)N2)NCCc1csc(-c2ccccc2)n1. The first-order valence-corrected chi connectivity index (χ1v) is 10.2. The molecular weight excluding hydrogens is 366 g/mol. The number of nitrogens with one attached hydrogen (secondary N) is 2. The number of aromatic nitrogens is 1. The fourth-order valence-electron chi connectivity index (χ4n) is 4.14. The first kappa shape index (κ1) is 19.3. The van der Waals surface area contributed by atoms with E-state index >= 15 is 0 Å². The monoisotopic (exact) mass is 391 g/mol. The maximum atomic E-state index is 12.2. The fourth-order valence-corrected chi connectivity index (χ4v) is 5.00. The van der Waals surface area contributed by atoms with E-state index in [4.69, 9.17) is 0 Å². The van der Waals surface area contributed by atoms with Gasteiger partial charge in [-0.25, -0.2) is 4.98 Å². The van der Waals surface area contributed by atoms with Crippen LogP contribution in [0.1, 0.15) is 37.8 Å². The van der Waals surface area contributed by atoms with E-state index in [-0.39, 0.29) is 18.3 Å². The molecule has 4 rings (SSSR count). The average molecular weight is 392 g/mol. The normalized spacial score (nSPS) is 24.1. The van der Waals surface area contributed by atoms with Gasteiger partial charge in [0.1, 0.15) is 5.01 Å². The summed E-state index contributed by atoms with van der Waals surface area (Å²) in [6, 6.07) is 11.5. The molecule has 2 fully saturated rings. The Balaban J connectivity index is 0.00000196. The molecular formula is C20H26ClN3OS. The highest BCUT2D eigenvalue weighted by atomic mass is 35.5. The minimum Gasteiger partial charge on any atom is -0.356 e. The Morgan fingerprint density at radius 2 is 1.92 bits per heavy atom. The van der Waals surface area contributed by atoms with E-state index in [0.717, 1.165) is 35.5 Å². The third-order valence-corrected chi connectivity index (χ3v) is 6.26. The van der Waals surface area contributed by atoms with Crippen LogP contribution < -0.4 is 10.6 Å². The number of nitrogens with zero attached hydrogens (tertiary/aromatic N) is 1. The van der Waals surface area contributed by atoms with E-state index in [0.29, 0.717) is 31.0 Å². The summed E-state index contributed by atoms with van der Waals surface area (Å²) in [4.78, 5) is 16.9. The Morgan fingerprint density at radius 1 is 1.19 bits per heavy atom. The maximum Gasteiger partial charge on any atom is 0.220 e. The number of rotatable bonds is 6. The lowest BCUT2D eigenvalue weighted by atomic mass is 9.89. The van der Waals surface area contributed by atoms with Gasteiger partial charge >= 0.3 is 0 Å². The zero-order chi connectivity index (χ0) is 17.1. The first-order valence-electron chi connectivity index (χ1n) is 9.29. The van der Waals surface area contributed by atoms with Crippen molar-refractivity contribution in [3.8, 4) is 10.6 Å². The summed E-state index contributed by atoms with van der Waals surface area (Å²) in [7, 11) is 0. The standard InChI is InChI=1S/C20H25N3OS.ClH/c24-19(12-14-10-16-6-7-17(11-14)22-16)21-9-8-18-13-25-20(23-18)15-4-2-1-3-5-15;/h1-5,13-14,16-17,22H,6-12H2,(H,21,24);1H. The van der Waals surface area contributed by atoms with Crippen LogP contribution in [-0.2, 0) is 11.2 Å². The molecule has 0 radical (unpaired) electrons. The molecule has 2 saturated heterocycles. The number of amides is 1. The zero-order valence-corrected chi connectivity index (χ0v) is 16.5. The highest BCUT2D eigenvalue weighted by molar-refractivity contribution is 7.13. The second kappa shape index (κ2) is 8.98. The van der Waals surface area contributed by atoms with Crippen LogP contribution in [0.3, 0.4) is 0 Å². The molecule has 2 aromatic rings. The molecule has 4 nitrogen and oxygen atoms in total. The average Bonchev–Trinajstić information content (AvgIpc) is 3.22. The lowest BCUT2D eigenvalue weighted by Gasteiger charge is -2.28. The summed E-state index contributed by atoms with van der Waals surface area (Å²) < 4.78 is 0. The van der Waals surface area contributed by atoms with E-state index in [9.17, 15) is 4.79 Å². The van der Waals surface area contributed by atoms with Crippen LogP contribution in [0.5, 0.6) is 0 Å². The van der Waals surface area contributed by atoms with Crippen molar-refractivity contribution in [2.75, 3.05) is 6.54 Å². The number of benzene rings is 1. The summed E-state index contributed by atoms with van der Waals surface area (Å²) >= 11 is 1.67. The minimum absolute atomic E-state index is 0. The molecule has 0 saturated carbocycles. The van der Waals surface area contributed by atoms with Crippen molar-refractivity contribution in [2.45, 2.75) is 50.6 Å². The van der Waals surface area contributed by atoms with Crippen molar-refractivity contribution in [3.05, 3.63) is 41.4 Å². The highest BCUT2D eigenvalue weighted by Crippen LogP contribution is 2.32. The molecule has 2 atom stereocenters. The van der Waals surface area contributed by atoms with Gasteiger partial charge in [0.05, 0.1) is 5.69 Å². The number of hydrogen-bond acceptors (Lipinski definition) is 4. The lowest BCUT2D eigenvalue weighted by molar-refractivity contribution is -0.122. The molecule has 2 unspecified atom stereocenters. The van der Waals surface area contributed by atoms with Crippen molar-refractivity contribution < 1.29 is 4.79 Å². The molecule has 3 heterocycles. The van der Waals surface area contributed by atoms with Gasteiger partial charge in [-0.2, -0.15) is 0 Å². The Morgan fingerprint density at radius 3 is 2.65 bits per heavy atom. The predicted octanol–water partition coefficient (Wildman–Crippen LogP) is 3.81. The molecule has 1 aromatic heterocycles. The number of carbonyl (C=O) groups is 1. The fraction of sp³-hybridized carbons (Fsp3) is 0.500. The highest BCUT2D eigenvalue weighted by Gasteiger charge is 2.34. The number of piperidine rings is 1. The Kier molecular flexibility index (Phi) is 6.68. The van der Waals surface area contributed by atoms with Gasteiger partial charge in [-0.1, -0.05) is 30.3 Å². The van der Waals surface area contributed by atoms with Gasteiger partial charge < -0.3 is 10.6 Å². The van der Waals surface area contributed by atoms with Crippen LogP contribution in [0.15, 0.2) is 35.7 Å². The van der Waals surface area contributed by atoms with Crippen molar-refractivity contribution >= 4 is 29.7 Å².